The summed E-state index contributed by atoms with van der Waals surface area (Å²) in [7, 11) is 1.82. The van der Waals surface area contributed by atoms with Gasteiger partial charge in [-0.1, -0.05) is 6.92 Å². The number of ether oxygens (including phenoxy) is 3. The van der Waals surface area contributed by atoms with Gasteiger partial charge in [0.25, 0.3) is 0 Å². The van der Waals surface area contributed by atoms with E-state index in [1.54, 1.807) is 24.3 Å². The van der Waals surface area contributed by atoms with Gasteiger partial charge in [-0.05, 0) is 31.5 Å². The van der Waals surface area contributed by atoms with Gasteiger partial charge in [-0.25, -0.2) is 0 Å². The lowest BCUT2D eigenvalue weighted by molar-refractivity contribution is -0.162. The zero-order chi connectivity index (χ0) is 21.0. The van der Waals surface area contributed by atoms with Gasteiger partial charge in [0.05, 0.1) is 37.3 Å². The molecule has 8 nitrogen and oxygen atoms in total. The number of benzene rings is 1. The van der Waals surface area contributed by atoms with Gasteiger partial charge in [-0.15, -0.1) is 0 Å². The highest BCUT2D eigenvalue weighted by Gasteiger charge is 2.39. The molecule has 0 aliphatic carbocycles. The van der Waals surface area contributed by atoms with Crippen LogP contribution >= 0.6 is 0 Å². The standard InChI is InChI=1S/C21H31N5O3/c1-4-21(12-27-13-21)29-15-5-6-17(22)16(9-15)20(24)18(23)10-19(25-3)26-7-8-28-14(2)11-26/h5-6,9-10,14,23-25H,4,7-8,11-13,22H2,1-3H3/b19-10+,23-18?,24-20?/t14-/m1/s1. The summed E-state index contributed by atoms with van der Waals surface area (Å²) in [5.41, 5.74) is 6.87. The van der Waals surface area contributed by atoms with E-state index in [-0.39, 0.29) is 23.1 Å². The molecule has 158 valence electrons. The first-order valence-corrected chi connectivity index (χ1v) is 9.97. The molecule has 0 unspecified atom stereocenters. The number of nitrogens with one attached hydrogen (secondary N) is 3. The number of nitrogen functional groups attached to an aromatic ring is 1. The maximum Gasteiger partial charge on any atom is 0.155 e. The number of morpholine rings is 1. The Labute approximate surface area is 172 Å². The Morgan fingerprint density at radius 1 is 1.41 bits per heavy atom. The van der Waals surface area contributed by atoms with Crippen molar-refractivity contribution in [2.75, 3.05) is 45.7 Å². The Morgan fingerprint density at radius 2 is 2.17 bits per heavy atom. The van der Waals surface area contributed by atoms with Crippen LogP contribution in [0.2, 0.25) is 0 Å². The zero-order valence-corrected chi connectivity index (χ0v) is 17.4. The van der Waals surface area contributed by atoms with Crippen molar-refractivity contribution < 1.29 is 14.2 Å². The number of nitrogens with zero attached hydrogens (tertiary/aromatic N) is 1. The van der Waals surface area contributed by atoms with Gasteiger partial charge in [0.15, 0.2) is 5.60 Å². The summed E-state index contributed by atoms with van der Waals surface area (Å²) < 4.78 is 17.0. The quantitative estimate of drug-likeness (QED) is 0.391. The SMILES string of the molecule is CCC1(Oc2ccc(N)c(C(=N)C(=N)/C=C(\NC)N3CCO[C@H](C)C3)c2)COC1. The van der Waals surface area contributed by atoms with Crippen LogP contribution in [0.25, 0.3) is 0 Å². The van der Waals surface area contributed by atoms with Crippen molar-refractivity contribution >= 4 is 17.1 Å². The Kier molecular flexibility index (Phi) is 6.44. The van der Waals surface area contributed by atoms with Crippen molar-refractivity contribution in [3.8, 4) is 5.75 Å². The van der Waals surface area contributed by atoms with Crippen molar-refractivity contribution in [2.45, 2.75) is 32.0 Å². The zero-order valence-electron chi connectivity index (χ0n) is 17.4. The van der Waals surface area contributed by atoms with Crippen molar-refractivity contribution in [3.05, 3.63) is 35.7 Å². The van der Waals surface area contributed by atoms with E-state index >= 15 is 0 Å². The topological polar surface area (TPSA) is 117 Å². The summed E-state index contributed by atoms with van der Waals surface area (Å²) in [5.74, 6) is 1.43. The van der Waals surface area contributed by atoms with Crippen LogP contribution in [-0.4, -0.2) is 68.0 Å². The van der Waals surface area contributed by atoms with Crippen LogP contribution in [0.15, 0.2) is 30.1 Å². The lowest BCUT2D eigenvalue weighted by Crippen LogP contribution is -2.53. The molecule has 8 heteroatoms. The number of hydrogen-bond donors (Lipinski definition) is 4. The van der Waals surface area contributed by atoms with Crippen LogP contribution in [0.4, 0.5) is 5.69 Å². The fraction of sp³-hybridized carbons (Fsp3) is 0.524. The molecule has 2 saturated heterocycles. The molecule has 0 radical (unpaired) electrons. The molecule has 3 rings (SSSR count). The number of nitrogens with two attached hydrogens (primary N) is 1. The Hall–Kier alpha value is -2.58. The molecule has 0 saturated carbocycles. The summed E-state index contributed by atoms with van der Waals surface area (Å²) in [6.45, 7) is 7.32. The molecular weight excluding hydrogens is 370 g/mol. The van der Waals surface area contributed by atoms with Gasteiger partial charge in [0.1, 0.15) is 11.6 Å². The predicted molar refractivity (Wildman–Crippen MR) is 114 cm³/mol. The second-order valence-electron chi connectivity index (χ2n) is 7.58. The molecule has 0 amide bonds. The molecule has 0 aromatic heterocycles. The molecule has 2 fully saturated rings. The second kappa shape index (κ2) is 8.84. The molecule has 2 aliphatic rings. The minimum absolute atomic E-state index is 0.0532. The summed E-state index contributed by atoms with van der Waals surface area (Å²) in [6, 6.07) is 5.27. The van der Waals surface area contributed by atoms with Gasteiger partial charge in [-0.2, -0.15) is 0 Å². The number of anilines is 1. The largest absolute Gasteiger partial charge is 0.482 e. The van der Waals surface area contributed by atoms with E-state index in [2.05, 4.69) is 17.1 Å². The highest BCUT2D eigenvalue weighted by Crippen LogP contribution is 2.30. The molecule has 0 spiro atoms. The summed E-state index contributed by atoms with van der Waals surface area (Å²) in [4.78, 5) is 2.13. The van der Waals surface area contributed by atoms with Crippen molar-refractivity contribution in [1.29, 1.82) is 10.8 Å². The van der Waals surface area contributed by atoms with E-state index < -0.39 is 0 Å². The molecule has 29 heavy (non-hydrogen) atoms. The first kappa shape index (κ1) is 21.1. The molecule has 1 aromatic rings. The number of allylic oxidation sites excluding steroid dienone is 1. The van der Waals surface area contributed by atoms with Crippen LogP contribution in [0.3, 0.4) is 0 Å². The van der Waals surface area contributed by atoms with E-state index in [9.17, 15) is 0 Å². The van der Waals surface area contributed by atoms with Gasteiger partial charge >= 0.3 is 0 Å². The van der Waals surface area contributed by atoms with Crippen LogP contribution in [0.5, 0.6) is 5.75 Å². The highest BCUT2D eigenvalue weighted by molar-refractivity contribution is 6.50. The highest BCUT2D eigenvalue weighted by atomic mass is 16.6. The second-order valence-corrected chi connectivity index (χ2v) is 7.58. The van der Waals surface area contributed by atoms with Crippen LogP contribution in [0.1, 0.15) is 25.8 Å². The van der Waals surface area contributed by atoms with Gasteiger partial charge in [0.2, 0.25) is 0 Å². The molecular formula is C21H31N5O3. The summed E-state index contributed by atoms with van der Waals surface area (Å²) in [6.07, 6.45) is 2.63. The fourth-order valence-corrected chi connectivity index (χ4v) is 3.44. The average Bonchev–Trinajstić information content (AvgIpc) is 2.69. The monoisotopic (exact) mass is 401 g/mol. The third-order valence-electron chi connectivity index (χ3n) is 5.39. The fourth-order valence-electron chi connectivity index (χ4n) is 3.44. The minimum atomic E-state index is -0.310. The summed E-state index contributed by atoms with van der Waals surface area (Å²) >= 11 is 0. The maximum absolute atomic E-state index is 8.53. The normalized spacial score (nSPS) is 21.3. The molecule has 5 N–H and O–H groups in total. The first-order chi connectivity index (χ1) is 13.9. The molecule has 1 atom stereocenters. The Balaban J connectivity index is 1.77. The third kappa shape index (κ3) is 4.71. The van der Waals surface area contributed by atoms with E-state index in [0.717, 1.165) is 25.3 Å². The molecule has 0 bridgehead atoms. The molecule has 2 heterocycles. The number of rotatable bonds is 8. The maximum atomic E-state index is 8.53. The van der Waals surface area contributed by atoms with E-state index in [1.807, 2.05) is 14.0 Å². The minimum Gasteiger partial charge on any atom is -0.482 e. The predicted octanol–water partition coefficient (Wildman–Crippen LogP) is 2.00. The van der Waals surface area contributed by atoms with Crippen molar-refractivity contribution in [3.63, 3.8) is 0 Å². The van der Waals surface area contributed by atoms with E-state index in [1.165, 1.54) is 0 Å². The van der Waals surface area contributed by atoms with Gasteiger partial charge in [0, 0.05) is 37.5 Å². The van der Waals surface area contributed by atoms with Gasteiger partial charge < -0.3 is 30.2 Å². The Bertz CT molecular complexity index is 798. The third-order valence-corrected chi connectivity index (χ3v) is 5.39. The first-order valence-electron chi connectivity index (χ1n) is 9.97. The van der Waals surface area contributed by atoms with Crippen LogP contribution in [-0.2, 0) is 9.47 Å². The van der Waals surface area contributed by atoms with E-state index in [0.29, 0.717) is 36.8 Å². The average molecular weight is 402 g/mol. The van der Waals surface area contributed by atoms with Crippen molar-refractivity contribution in [1.82, 2.24) is 10.2 Å². The van der Waals surface area contributed by atoms with E-state index in [4.69, 9.17) is 30.8 Å². The van der Waals surface area contributed by atoms with Crippen LogP contribution in [0, 0.1) is 10.8 Å². The molecule has 2 aliphatic heterocycles. The smallest absolute Gasteiger partial charge is 0.155 e. The summed E-state index contributed by atoms with van der Waals surface area (Å²) in [5, 5.41) is 20.1. The lowest BCUT2D eigenvalue weighted by Gasteiger charge is -2.40. The van der Waals surface area contributed by atoms with Crippen LogP contribution < -0.4 is 15.8 Å². The number of hydrogen-bond acceptors (Lipinski definition) is 8. The van der Waals surface area contributed by atoms with Gasteiger partial charge in [-0.3, -0.25) is 10.8 Å². The molecule has 1 aromatic carbocycles. The Morgan fingerprint density at radius 3 is 2.76 bits per heavy atom. The van der Waals surface area contributed by atoms with Crippen molar-refractivity contribution in [2.24, 2.45) is 0 Å². The lowest BCUT2D eigenvalue weighted by atomic mass is 9.98.